The first kappa shape index (κ1) is 18.2. The van der Waals surface area contributed by atoms with Crippen molar-refractivity contribution in [2.75, 3.05) is 44.7 Å². The van der Waals surface area contributed by atoms with E-state index >= 15 is 0 Å². The van der Waals surface area contributed by atoms with Crippen molar-refractivity contribution in [2.45, 2.75) is 6.18 Å². The van der Waals surface area contributed by atoms with E-state index in [4.69, 9.17) is 4.74 Å². The maximum Gasteiger partial charge on any atom is 0.418 e. The molecule has 2 N–H and O–H groups in total. The van der Waals surface area contributed by atoms with Crippen LogP contribution in [-0.4, -0.2) is 56.1 Å². The van der Waals surface area contributed by atoms with Gasteiger partial charge in [-0.15, -0.1) is 0 Å². The Labute approximate surface area is 137 Å². The quantitative estimate of drug-likeness (QED) is 0.802. The fraction of sp³-hybridized carbons (Fsp3) is 0.467. The van der Waals surface area contributed by atoms with Crippen molar-refractivity contribution >= 4 is 17.5 Å². The number of hydrogen-bond donors (Lipinski definition) is 2. The minimum atomic E-state index is -4.61. The molecule has 0 radical (unpaired) electrons. The van der Waals surface area contributed by atoms with Gasteiger partial charge in [-0.3, -0.25) is 14.5 Å². The lowest BCUT2D eigenvalue weighted by Gasteiger charge is -2.26. The van der Waals surface area contributed by atoms with Crippen LogP contribution in [0.4, 0.5) is 18.9 Å². The molecule has 24 heavy (non-hydrogen) atoms. The van der Waals surface area contributed by atoms with Crippen LogP contribution in [0.5, 0.6) is 0 Å². The molecular formula is C15H18F3N3O3. The summed E-state index contributed by atoms with van der Waals surface area (Å²) in [5.74, 6) is -2.10. The third-order valence-corrected chi connectivity index (χ3v) is 3.50. The average Bonchev–Trinajstić information content (AvgIpc) is 2.55. The SMILES string of the molecule is O=C(NCCN1CCOCC1)C(=O)Nc1ccccc1C(F)(F)F. The van der Waals surface area contributed by atoms with Gasteiger partial charge in [0, 0.05) is 26.2 Å². The third kappa shape index (κ3) is 5.20. The predicted octanol–water partition coefficient (Wildman–Crippen LogP) is 1.09. The number of carbonyl (C=O) groups excluding carboxylic acids is 2. The number of anilines is 1. The summed E-state index contributed by atoms with van der Waals surface area (Å²) in [6.45, 7) is 3.47. The predicted molar refractivity (Wildman–Crippen MR) is 80.3 cm³/mol. The van der Waals surface area contributed by atoms with Crippen molar-refractivity contribution in [1.82, 2.24) is 10.2 Å². The van der Waals surface area contributed by atoms with Crippen LogP contribution in [-0.2, 0) is 20.5 Å². The van der Waals surface area contributed by atoms with Gasteiger partial charge >= 0.3 is 18.0 Å². The van der Waals surface area contributed by atoms with Gasteiger partial charge in [0.15, 0.2) is 0 Å². The number of halogens is 3. The molecule has 0 saturated carbocycles. The molecule has 1 fully saturated rings. The Morgan fingerprint density at radius 1 is 1.12 bits per heavy atom. The molecule has 132 valence electrons. The van der Waals surface area contributed by atoms with Gasteiger partial charge in [0.1, 0.15) is 0 Å². The molecule has 9 heteroatoms. The molecule has 0 spiro atoms. The standard InChI is InChI=1S/C15H18F3N3O3/c16-15(17,18)11-3-1-2-4-12(11)20-14(23)13(22)19-5-6-21-7-9-24-10-8-21/h1-4H,5-10H2,(H,19,22)(H,20,23). The van der Waals surface area contributed by atoms with E-state index in [0.717, 1.165) is 25.2 Å². The highest BCUT2D eigenvalue weighted by Gasteiger charge is 2.34. The van der Waals surface area contributed by atoms with Crippen molar-refractivity contribution in [2.24, 2.45) is 0 Å². The van der Waals surface area contributed by atoms with Crippen LogP contribution in [0.3, 0.4) is 0 Å². The first-order valence-corrected chi connectivity index (χ1v) is 7.43. The summed E-state index contributed by atoms with van der Waals surface area (Å²) < 4.78 is 43.7. The summed E-state index contributed by atoms with van der Waals surface area (Å²) >= 11 is 0. The number of benzene rings is 1. The van der Waals surface area contributed by atoms with Crippen LogP contribution < -0.4 is 10.6 Å². The number of para-hydroxylation sites is 1. The largest absolute Gasteiger partial charge is 0.418 e. The summed E-state index contributed by atoms with van der Waals surface area (Å²) in [5, 5.41) is 4.39. The van der Waals surface area contributed by atoms with Gasteiger partial charge in [-0.1, -0.05) is 12.1 Å². The molecule has 0 bridgehead atoms. The lowest BCUT2D eigenvalue weighted by molar-refractivity contribution is -0.138. The number of rotatable bonds is 4. The van der Waals surface area contributed by atoms with Crippen LogP contribution in [0.2, 0.25) is 0 Å². The van der Waals surface area contributed by atoms with Crippen LogP contribution >= 0.6 is 0 Å². The van der Waals surface area contributed by atoms with Gasteiger partial charge in [-0.2, -0.15) is 13.2 Å². The monoisotopic (exact) mass is 345 g/mol. The number of morpholine rings is 1. The average molecular weight is 345 g/mol. The third-order valence-electron chi connectivity index (χ3n) is 3.50. The van der Waals surface area contributed by atoms with Crippen molar-refractivity contribution in [3.63, 3.8) is 0 Å². The molecule has 0 aromatic heterocycles. The summed E-state index contributed by atoms with van der Waals surface area (Å²) in [5.41, 5.74) is -1.45. The van der Waals surface area contributed by atoms with E-state index in [1.165, 1.54) is 12.1 Å². The Morgan fingerprint density at radius 2 is 1.79 bits per heavy atom. The minimum Gasteiger partial charge on any atom is -0.379 e. The molecule has 2 amide bonds. The van der Waals surface area contributed by atoms with Crippen molar-refractivity contribution in [3.8, 4) is 0 Å². The Hall–Kier alpha value is -2.13. The van der Waals surface area contributed by atoms with E-state index in [9.17, 15) is 22.8 Å². The van der Waals surface area contributed by atoms with Gasteiger partial charge in [-0.25, -0.2) is 0 Å². The fourth-order valence-electron chi connectivity index (χ4n) is 2.25. The lowest BCUT2D eigenvalue weighted by atomic mass is 10.1. The summed E-state index contributed by atoms with van der Waals surface area (Å²) in [6.07, 6.45) is -4.61. The fourth-order valence-corrected chi connectivity index (χ4v) is 2.25. The van der Waals surface area contributed by atoms with E-state index in [-0.39, 0.29) is 6.54 Å². The zero-order valence-corrected chi connectivity index (χ0v) is 12.9. The second-order valence-electron chi connectivity index (χ2n) is 5.21. The highest BCUT2D eigenvalue weighted by atomic mass is 19.4. The van der Waals surface area contributed by atoms with E-state index in [1.54, 1.807) is 0 Å². The van der Waals surface area contributed by atoms with Crippen molar-refractivity contribution < 1.29 is 27.5 Å². The molecule has 1 heterocycles. The second kappa shape index (κ2) is 8.11. The highest BCUT2D eigenvalue weighted by molar-refractivity contribution is 6.39. The van der Waals surface area contributed by atoms with E-state index in [1.807, 2.05) is 5.32 Å². The molecule has 2 rings (SSSR count). The van der Waals surface area contributed by atoms with Crippen molar-refractivity contribution in [1.29, 1.82) is 0 Å². The van der Waals surface area contributed by atoms with Crippen LogP contribution in [0.1, 0.15) is 5.56 Å². The number of ether oxygens (including phenoxy) is 1. The minimum absolute atomic E-state index is 0.229. The summed E-state index contributed by atoms with van der Waals surface area (Å²) in [6, 6.07) is 4.50. The molecule has 0 aliphatic carbocycles. The Balaban J connectivity index is 1.84. The number of amides is 2. The molecule has 0 atom stereocenters. The number of carbonyl (C=O) groups is 2. The lowest BCUT2D eigenvalue weighted by Crippen LogP contribution is -2.43. The van der Waals surface area contributed by atoms with Gasteiger partial charge in [0.05, 0.1) is 24.5 Å². The van der Waals surface area contributed by atoms with Crippen molar-refractivity contribution in [3.05, 3.63) is 29.8 Å². The molecule has 0 unspecified atom stereocenters. The number of nitrogens with one attached hydrogen (secondary N) is 2. The smallest absolute Gasteiger partial charge is 0.379 e. The second-order valence-corrected chi connectivity index (χ2v) is 5.21. The van der Waals surface area contributed by atoms with E-state index in [0.29, 0.717) is 19.8 Å². The molecule has 1 saturated heterocycles. The van der Waals surface area contributed by atoms with Crippen LogP contribution in [0.15, 0.2) is 24.3 Å². The normalized spacial score (nSPS) is 15.8. The Morgan fingerprint density at radius 3 is 2.46 bits per heavy atom. The molecule has 1 aliphatic rings. The van der Waals surface area contributed by atoms with Gasteiger partial charge in [-0.05, 0) is 12.1 Å². The molecule has 1 aliphatic heterocycles. The van der Waals surface area contributed by atoms with Gasteiger partial charge < -0.3 is 15.4 Å². The van der Waals surface area contributed by atoms with Gasteiger partial charge in [0.2, 0.25) is 0 Å². The first-order chi connectivity index (χ1) is 11.4. The maximum absolute atomic E-state index is 12.8. The Bertz CT molecular complexity index is 587. The van der Waals surface area contributed by atoms with Crippen LogP contribution in [0.25, 0.3) is 0 Å². The molecular weight excluding hydrogens is 327 g/mol. The molecule has 1 aromatic carbocycles. The summed E-state index contributed by atoms with van der Waals surface area (Å²) in [7, 11) is 0. The number of nitrogens with zero attached hydrogens (tertiary/aromatic N) is 1. The molecule has 1 aromatic rings. The number of alkyl halides is 3. The highest BCUT2D eigenvalue weighted by Crippen LogP contribution is 2.34. The van der Waals surface area contributed by atoms with E-state index < -0.39 is 29.2 Å². The van der Waals surface area contributed by atoms with Crippen LogP contribution in [0, 0.1) is 0 Å². The van der Waals surface area contributed by atoms with Gasteiger partial charge in [0.25, 0.3) is 0 Å². The zero-order valence-electron chi connectivity index (χ0n) is 12.9. The molecule has 6 nitrogen and oxygen atoms in total. The first-order valence-electron chi connectivity index (χ1n) is 7.43. The van der Waals surface area contributed by atoms with E-state index in [2.05, 4.69) is 10.2 Å². The zero-order chi connectivity index (χ0) is 17.6. The summed E-state index contributed by atoms with van der Waals surface area (Å²) in [4.78, 5) is 25.5. The maximum atomic E-state index is 12.8. The Kier molecular flexibility index (Phi) is 6.16. The number of hydrogen-bond acceptors (Lipinski definition) is 4. The topological polar surface area (TPSA) is 70.7 Å².